The highest BCUT2D eigenvalue weighted by atomic mass is 32.2. The van der Waals surface area contributed by atoms with Gasteiger partial charge in [0.2, 0.25) is 0 Å². The molecule has 2 rings (SSSR count). The Labute approximate surface area is 106 Å². The Morgan fingerprint density at radius 1 is 1.22 bits per heavy atom. The molecule has 1 N–H and O–H groups in total. The van der Waals surface area contributed by atoms with Crippen molar-refractivity contribution in [3.8, 4) is 0 Å². The molecule has 0 aromatic heterocycles. The van der Waals surface area contributed by atoms with Gasteiger partial charge in [0, 0.05) is 18.7 Å². The van der Waals surface area contributed by atoms with E-state index < -0.39 is 10.2 Å². The average molecular weight is 270 g/mol. The summed E-state index contributed by atoms with van der Waals surface area (Å²) in [7, 11) is -3.62. The number of carbonyl (C=O) groups excluding carboxylic acids is 1. The molecule has 1 fully saturated rings. The number of hydrogen-bond acceptors (Lipinski definition) is 4. The Balaban J connectivity index is 2.19. The molecule has 1 heterocycles. The predicted octanol–water partition coefficient (Wildman–Crippen LogP) is 0.488. The quantitative estimate of drug-likeness (QED) is 0.808. The number of aldehydes is 1. The first kappa shape index (κ1) is 13.0. The van der Waals surface area contributed by atoms with E-state index in [1.54, 1.807) is 24.3 Å². The van der Waals surface area contributed by atoms with Crippen LogP contribution in [0, 0.1) is 0 Å². The Bertz CT molecular complexity index is 524. The summed E-state index contributed by atoms with van der Waals surface area (Å²) >= 11 is 0. The van der Waals surface area contributed by atoms with E-state index in [4.69, 9.17) is 4.74 Å². The smallest absolute Gasteiger partial charge is 0.301 e. The molecular weight excluding hydrogens is 256 g/mol. The molecule has 98 valence electrons. The van der Waals surface area contributed by atoms with Crippen LogP contribution >= 0.6 is 0 Å². The number of ether oxygens (including phenoxy) is 1. The first-order valence-electron chi connectivity index (χ1n) is 5.53. The zero-order valence-corrected chi connectivity index (χ0v) is 10.5. The van der Waals surface area contributed by atoms with Crippen molar-refractivity contribution in [2.45, 2.75) is 0 Å². The van der Waals surface area contributed by atoms with E-state index in [1.807, 2.05) is 0 Å². The number of hydrogen-bond donors (Lipinski definition) is 1. The maximum absolute atomic E-state index is 12.1. The third-order valence-electron chi connectivity index (χ3n) is 2.64. The van der Waals surface area contributed by atoms with Gasteiger partial charge < -0.3 is 4.74 Å². The molecule has 18 heavy (non-hydrogen) atoms. The molecule has 0 unspecified atom stereocenters. The normalized spacial score (nSPS) is 17.3. The maximum atomic E-state index is 12.1. The number of morpholine rings is 1. The summed E-state index contributed by atoms with van der Waals surface area (Å²) < 4.78 is 33.0. The van der Waals surface area contributed by atoms with Crippen molar-refractivity contribution < 1.29 is 17.9 Å². The zero-order chi connectivity index (χ0) is 13.0. The lowest BCUT2D eigenvalue weighted by molar-refractivity contribution is 0.0733. The molecule has 1 aromatic carbocycles. The number of carbonyl (C=O) groups is 1. The van der Waals surface area contributed by atoms with Crippen molar-refractivity contribution in [3.63, 3.8) is 0 Å². The summed E-state index contributed by atoms with van der Waals surface area (Å²) in [6.45, 7) is 1.41. The van der Waals surface area contributed by atoms with E-state index in [2.05, 4.69) is 4.72 Å². The maximum Gasteiger partial charge on any atom is 0.301 e. The fraction of sp³-hybridized carbons (Fsp3) is 0.364. The minimum Gasteiger partial charge on any atom is -0.379 e. The summed E-state index contributed by atoms with van der Waals surface area (Å²) in [6.07, 6.45) is 0.622. The van der Waals surface area contributed by atoms with Gasteiger partial charge in [0.25, 0.3) is 0 Å². The first-order chi connectivity index (χ1) is 8.63. The average Bonchev–Trinajstić information content (AvgIpc) is 2.40. The van der Waals surface area contributed by atoms with Gasteiger partial charge in [-0.3, -0.25) is 9.52 Å². The standard InChI is InChI=1S/C11H14N2O4S/c14-9-10-3-1-2-4-11(10)12-18(15,16)13-5-7-17-8-6-13/h1-4,9,12H,5-8H2. The van der Waals surface area contributed by atoms with Crippen molar-refractivity contribution in [1.82, 2.24) is 4.31 Å². The van der Waals surface area contributed by atoms with E-state index in [-0.39, 0.29) is 0 Å². The number of rotatable bonds is 4. The zero-order valence-electron chi connectivity index (χ0n) is 9.70. The molecule has 0 bridgehead atoms. The van der Waals surface area contributed by atoms with Gasteiger partial charge in [-0.1, -0.05) is 12.1 Å². The summed E-state index contributed by atoms with van der Waals surface area (Å²) in [5.41, 5.74) is 0.605. The molecule has 1 aliphatic rings. The van der Waals surface area contributed by atoms with Gasteiger partial charge in [-0.25, -0.2) is 0 Å². The first-order valence-corrected chi connectivity index (χ1v) is 6.97. The second-order valence-corrected chi connectivity index (χ2v) is 5.49. The van der Waals surface area contributed by atoms with Crippen molar-refractivity contribution in [3.05, 3.63) is 29.8 Å². The second kappa shape index (κ2) is 5.47. The lowest BCUT2D eigenvalue weighted by Crippen LogP contribution is -2.43. The number of benzene rings is 1. The molecule has 0 atom stereocenters. The Hall–Kier alpha value is -1.44. The van der Waals surface area contributed by atoms with Gasteiger partial charge in [-0.05, 0) is 12.1 Å². The van der Waals surface area contributed by atoms with Gasteiger partial charge in [-0.2, -0.15) is 12.7 Å². The highest BCUT2D eigenvalue weighted by molar-refractivity contribution is 7.90. The number of nitrogens with zero attached hydrogens (tertiary/aromatic N) is 1. The molecular formula is C11H14N2O4S. The van der Waals surface area contributed by atoms with Crippen molar-refractivity contribution in [1.29, 1.82) is 0 Å². The summed E-state index contributed by atoms with van der Waals surface area (Å²) in [5.74, 6) is 0. The van der Waals surface area contributed by atoms with E-state index in [0.29, 0.717) is 43.8 Å². The van der Waals surface area contributed by atoms with Crippen LogP contribution in [-0.2, 0) is 14.9 Å². The molecule has 0 amide bonds. The summed E-state index contributed by atoms with van der Waals surface area (Å²) in [4.78, 5) is 10.8. The van der Waals surface area contributed by atoms with Crippen LogP contribution in [0.25, 0.3) is 0 Å². The molecule has 7 heteroatoms. The van der Waals surface area contributed by atoms with Crippen LogP contribution in [0.4, 0.5) is 5.69 Å². The van der Waals surface area contributed by atoms with Crippen LogP contribution in [-0.4, -0.2) is 45.3 Å². The van der Waals surface area contributed by atoms with E-state index in [9.17, 15) is 13.2 Å². The van der Waals surface area contributed by atoms with Crippen molar-refractivity contribution in [2.75, 3.05) is 31.0 Å². The molecule has 6 nitrogen and oxygen atoms in total. The Kier molecular flexibility index (Phi) is 3.95. The molecule has 1 aromatic rings. The van der Waals surface area contributed by atoms with Gasteiger partial charge in [0.1, 0.15) is 0 Å². The van der Waals surface area contributed by atoms with Gasteiger partial charge in [0.05, 0.1) is 18.9 Å². The highest BCUT2D eigenvalue weighted by Gasteiger charge is 2.24. The number of nitrogens with one attached hydrogen (secondary N) is 1. The van der Waals surface area contributed by atoms with Gasteiger partial charge in [-0.15, -0.1) is 0 Å². The molecule has 0 radical (unpaired) electrons. The van der Waals surface area contributed by atoms with E-state index >= 15 is 0 Å². The molecule has 0 saturated carbocycles. The highest BCUT2D eigenvalue weighted by Crippen LogP contribution is 2.16. The third kappa shape index (κ3) is 2.87. The second-order valence-electron chi connectivity index (χ2n) is 3.82. The summed E-state index contributed by atoms with van der Waals surface area (Å²) in [6, 6.07) is 6.46. The Morgan fingerprint density at radius 3 is 2.56 bits per heavy atom. The SMILES string of the molecule is O=Cc1ccccc1NS(=O)(=O)N1CCOCC1. The third-order valence-corrected chi connectivity index (χ3v) is 4.16. The number of para-hydroxylation sites is 1. The lowest BCUT2D eigenvalue weighted by atomic mass is 10.2. The van der Waals surface area contributed by atoms with Crippen LogP contribution in [0.5, 0.6) is 0 Å². The number of anilines is 1. The van der Waals surface area contributed by atoms with Crippen LogP contribution < -0.4 is 4.72 Å². The van der Waals surface area contributed by atoms with Crippen LogP contribution in [0.1, 0.15) is 10.4 Å². The fourth-order valence-corrected chi connectivity index (χ4v) is 2.91. The molecule has 0 aliphatic carbocycles. The minimum absolute atomic E-state index is 0.291. The minimum atomic E-state index is -3.62. The van der Waals surface area contributed by atoms with Gasteiger partial charge >= 0.3 is 10.2 Å². The summed E-state index contributed by atoms with van der Waals surface area (Å²) in [5, 5.41) is 0. The fourth-order valence-electron chi connectivity index (χ4n) is 1.68. The molecule has 1 saturated heterocycles. The topological polar surface area (TPSA) is 75.7 Å². The lowest BCUT2D eigenvalue weighted by Gasteiger charge is -2.26. The molecule has 1 aliphatic heterocycles. The van der Waals surface area contributed by atoms with Crippen LogP contribution in [0.2, 0.25) is 0 Å². The van der Waals surface area contributed by atoms with Crippen molar-refractivity contribution >= 4 is 22.2 Å². The predicted molar refractivity (Wildman–Crippen MR) is 66.8 cm³/mol. The largest absolute Gasteiger partial charge is 0.379 e. The van der Waals surface area contributed by atoms with Crippen molar-refractivity contribution in [2.24, 2.45) is 0 Å². The Morgan fingerprint density at radius 2 is 1.89 bits per heavy atom. The monoisotopic (exact) mass is 270 g/mol. The van der Waals surface area contributed by atoms with E-state index in [0.717, 1.165) is 0 Å². The van der Waals surface area contributed by atoms with Crippen LogP contribution in [0.15, 0.2) is 24.3 Å². The molecule has 0 spiro atoms. The van der Waals surface area contributed by atoms with Gasteiger partial charge in [0.15, 0.2) is 6.29 Å². The van der Waals surface area contributed by atoms with E-state index in [1.165, 1.54) is 4.31 Å². The van der Waals surface area contributed by atoms with Crippen LogP contribution in [0.3, 0.4) is 0 Å².